The van der Waals surface area contributed by atoms with Crippen LogP contribution in [0, 0.1) is 11.6 Å². The van der Waals surface area contributed by atoms with Crippen LogP contribution in [0.25, 0.3) is 10.9 Å². The van der Waals surface area contributed by atoms with E-state index in [1.165, 1.54) is 0 Å². The molecule has 100 valence electrons. The molecule has 0 fully saturated rings. The van der Waals surface area contributed by atoms with Crippen LogP contribution in [0.1, 0.15) is 17.3 Å². The van der Waals surface area contributed by atoms with Gasteiger partial charge in [0.1, 0.15) is 16.9 Å². The zero-order valence-corrected chi connectivity index (χ0v) is 9.94. The summed E-state index contributed by atoms with van der Waals surface area (Å²) >= 11 is 0. The van der Waals surface area contributed by atoms with Crippen molar-refractivity contribution in [2.45, 2.75) is 6.92 Å². The molecule has 0 saturated carbocycles. The summed E-state index contributed by atoms with van der Waals surface area (Å²) in [5.41, 5.74) is -1.48. The van der Waals surface area contributed by atoms with Crippen molar-refractivity contribution in [1.29, 1.82) is 0 Å². The zero-order valence-electron chi connectivity index (χ0n) is 9.94. The van der Waals surface area contributed by atoms with Crippen LogP contribution in [0.5, 0.6) is 0 Å². The van der Waals surface area contributed by atoms with Gasteiger partial charge in [0.05, 0.1) is 12.0 Å². The average molecular weight is 268 g/mol. The van der Waals surface area contributed by atoms with Crippen molar-refractivity contribution in [3.05, 3.63) is 45.8 Å². The van der Waals surface area contributed by atoms with Gasteiger partial charge in [-0.25, -0.2) is 13.6 Å². The lowest BCUT2D eigenvalue weighted by molar-refractivity contribution is 0.0524. The molecule has 2 aromatic rings. The van der Waals surface area contributed by atoms with Gasteiger partial charge in [-0.15, -0.1) is 0 Å². The number of esters is 1. The number of fused-ring (bicyclic) bond motifs is 1. The van der Waals surface area contributed by atoms with Crippen molar-refractivity contribution in [3.8, 4) is 0 Å². The third kappa shape index (κ3) is 2.14. The van der Waals surface area contributed by atoms with Crippen LogP contribution in [-0.2, 0) is 4.74 Å². The number of halogens is 2. The minimum atomic E-state index is -0.981. The number of benzene rings is 1. The molecule has 7 heteroatoms. The SMILES string of the molecule is CCOC(=O)c1cn(N)c2c(F)cc(F)cc2c1=O. The minimum absolute atomic E-state index is 0.0679. The second-order valence-corrected chi connectivity index (χ2v) is 3.78. The first-order valence-corrected chi connectivity index (χ1v) is 5.42. The highest BCUT2D eigenvalue weighted by Gasteiger charge is 2.18. The van der Waals surface area contributed by atoms with E-state index in [2.05, 4.69) is 4.74 Å². The summed E-state index contributed by atoms with van der Waals surface area (Å²) in [6.45, 7) is 1.64. The Hall–Kier alpha value is -2.44. The first-order valence-electron chi connectivity index (χ1n) is 5.42. The maximum Gasteiger partial charge on any atom is 0.343 e. The maximum atomic E-state index is 13.6. The summed E-state index contributed by atoms with van der Waals surface area (Å²) in [5.74, 6) is 2.72. The van der Waals surface area contributed by atoms with E-state index in [1.54, 1.807) is 6.92 Å². The van der Waals surface area contributed by atoms with E-state index in [0.29, 0.717) is 6.07 Å². The summed E-state index contributed by atoms with van der Waals surface area (Å²) in [6.07, 6.45) is 0.962. The molecular weight excluding hydrogens is 258 g/mol. The summed E-state index contributed by atoms with van der Waals surface area (Å²) in [6, 6.07) is 1.43. The number of hydrogen-bond acceptors (Lipinski definition) is 4. The average Bonchev–Trinajstić information content (AvgIpc) is 2.33. The van der Waals surface area contributed by atoms with Crippen LogP contribution in [0.2, 0.25) is 0 Å². The van der Waals surface area contributed by atoms with Gasteiger partial charge in [0.15, 0.2) is 5.82 Å². The summed E-state index contributed by atoms with van der Waals surface area (Å²) < 4.78 is 32.2. The van der Waals surface area contributed by atoms with Gasteiger partial charge in [-0.05, 0) is 13.0 Å². The van der Waals surface area contributed by atoms with Crippen LogP contribution in [0.3, 0.4) is 0 Å². The van der Waals surface area contributed by atoms with Gasteiger partial charge in [0.2, 0.25) is 5.43 Å². The van der Waals surface area contributed by atoms with Crippen LogP contribution in [0.4, 0.5) is 8.78 Å². The van der Waals surface area contributed by atoms with Crippen LogP contribution < -0.4 is 11.3 Å². The molecule has 0 bridgehead atoms. The molecule has 0 saturated heterocycles. The first-order chi connectivity index (χ1) is 8.95. The summed E-state index contributed by atoms with van der Waals surface area (Å²) in [5, 5.41) is -0.314. The highest BCUT2D eigenvalue weighted by Crippen LogP contribution is 2.16. The Morgan fingerprint density at radius 1 is 1.42 bits per heavy atom. The van der Waals surface area contributed by atoms with Crippen molar-refractivity contribution in [1.82, 2.24) is 4.68 Å². The van der Waals surface area contributed by atoms with E-state index in [4.69, 9.17) is 5.84 Å². The first kappa shape index (κ1) is 13.0. The van der Waals surface area contributed by atoms with Crippen molar-refractivity contribution in [2.75, 3.05) is 12.4 Å². The number of carbonyl (C=O) groups is 1. The standard InChI is InChI=1S/C12H10F2N2O3/c1-2-19-12(18)8-5-16(15)10-7(11(8)17)3-6(13)4-9(10)14/h3-5H,2,15H2,1H3. The van der Waals surface area contributed by atoms with E-state index in [-0.39, 0.29) is 23.1 Å². The highest BCUT2D eigenvalue weighted by molar-refractivity contribution is 5.93. The van der Waals surface area contributed by atoms with E-state index >= 15 is 0 Å². The van der Waals surface area contributed by atoms with E-state index in [0.717, 1.165) is 16.9 Å². The molecule has 0 aliphatic carbocycles. The van der Waals surface area contributed by atoms with Crippen LogP contribution in [-0.4, -0.2) is 17.3 Å². The Balaban J connectivity index is 2.82. The largest absolute Gasteiger partial charge is 0.462 e. The topological polar surface area (TPSA) is 74.3 Å². The molecule has 0 unspecified atom stereocenters. The number of ether oxygens (including phenoxy) is 1. The van der Waals surface area contributed by atoms with Crippen molar-refractivity contribution < 1.29 is 18.3 Å². The molecule has 0 spiro atoms. The molecule has 0 amide bonds. The Labute approximate surface area is 106 Å². The fraction of sp³-hybridized carbons (Fsp3) is 0.167. The minimum Gasteiger partial charge on any atom is -0.462 e. The zero-order chi connectivity index (χ0) is 14.2. The van der Waals surface area contributed by atoms with E-state index in [1.807, 2.05) is 0 Å². The lowest BCUT2D eigenvalue weighted by atomic mass is 10.1. The van der Waals surface area contributed by atoms with Gasteiger partial charge < -0.3 is 10.6 Å². The van der Waals surface area contributed by atoms with Gasteiger partial charge in [0.25, 0.3) is 0 Å². The monoisotopic (exact) mass is 268 g/mol. The van der Waals surface area contributed by atoms with E-state index < -0.39 is 23.0 Å². The lowest BCUT2D eigenvalue weighted by Crippen LogP contribution is -2.24. The summed E-state index contributed by atoms with van der Waals surface area (Å²) in [7, 11) is 0. The Morgan fingerprint density at radius 3 is 2.74 bits per heavy atom. The third-order valence-electron chi connectivity index (χ3n) is 2.54. The second kappa shape index (κ2) is 4.68. The van der Waals surface area contributed by atoms with Crippen molar-refractivity contribution in [2.24, 2.45) is 0 Å². The fourth-order valence-corrected chi connectivity index (χ4v) is 1.76. The normalized spacial score (nSPS) is 10.7. The Bertz CT molecular complexity index is 725. The molecule has 2 N–H and O–H groups in total. The molecule has 1 aromatic heterocycles. The number of rotatable bonds is 2. The Kier molecular flexibility index (Phi) is 3.20. The lowest BCUT2D eigenvalue weighted by Gasteiger charge is -2.09. The molecule has 1 aromatic carbocycles. The number of nitrogen functional groups attached to an aromatic ring is 1. The molecule has 0 aliphatic heterocycles. The molecule has 0 atom stereocenters. The quantitative estimate of drug-likeness (QED) is 0.655. The Morgan fingerprint density at radius 2 is 2.11 bits per heavy atom. The van der Waals surface area contributed by atoms with Crippen molar-refractivity contribution >= 4 is 16.9 Å². The number of pyridine rings is 1. The van der Waals surface area contributed by atoms with Gasteiger partial charge in [0, 0.05) is 12.3 Å². The van der Waals surface area contributed by atoms with Gasteiger partial charge >= 0.3 is 5.97 Å². The van der Waals surface area contributed by atoms with Crippen molar-refractivity contribution in [3.63, 3.8) is 0 Å². The predicted molar refractivity (Wildman–Crippen MR) is 64.2 cm³/mol. The third-order valence-corrected chi connectivity index (χ3v) is 2.54. The second-order valence-electron chi connectivity index (χ2n) is 3.78. The van der Waals surface area contributed by atoms with Gasteiger partial charge in [-0.2, -0.15) is 0 Å². The molecule has 1 heterocycles. The number of nitrogens with zero attached hydrogens (tertiary/aromatic N) is 1. The number of carbonyl (C=O) groups excluding carboxylic acids is 1. The highest BCUT2D eigenvalue weighted by atomic mass is 19.1. The molecule has 0 aliphatic rings. The molecule has 19 heavy (non-hydrogen) atoms. The predicted octanol–water partition coefficient (Wildman–Crippen LogP) is 1.17. The number of aromatic nitrogens is 1. The molecule has 5 nitrogen and oxygen atoms in total. The smallest absolute Gasteiger partial charge is 0.343 e. The van der Waals surface area contributed by atoms with Crippen LogP contribution >= 0.6 is 0 Å². The molecule has 2 rings (SSSR count). The fourth-order valence-electron chi connectivity index (χ4n) is 1.76. The van der Waals surface area contributed by atoms with Gasteiger partial charge in [-0.3, -0.25) is 9.47 Å². The maximum absolute atomic E-state index is 13.6. The number of hydrogen-bond donors (Lipinski definition) is 1. The molecule has 0 radical (unpaired) electrons. The van der Waals surface area contributed by atoms with E-state index in [9.17, 15) is 18.4 Å². The van der Waals surface area contributed by atoms with Gasteiger partial charge in [-0.1, -0.05) is 0 Å². The number of nitrogens with two attached hydrogens (primary N) is 1. The molecular formula is C12H10F2N2O3. The summed E-state index contributed by atoms with van der Waals surface area (Å²) in [4.78, 5) is 23.6. The van der Waals surface area contributed by atoms with Crippen LogP contribution in [0.15, 0.2) is 23.1 Å².